The molecule has 0 bridgehead atoms. The quantitative estimate of drug-likeness (QED) is 0.0320. The Morgan fingerprint density at radius 3 is 0.959 bits per heavy atom. The summed E-state index contributed by atoms with van der Waals surface area (Å²) in [6.45, 7) is 4.91. The van der Waals surface area contributed by atoms with Crippen LogP contribution < -0.4 is 5.32 Å². The number of carbonyl (C=O) groups excluding carboxylic acids is 2. The summed E-state index contributed by atoms with van der Waals surface area (Å²) in [4.78, 5) is 24.6. The number of amides is 1. The second kappa shape index (κ2) is 63.6. The third kappa shape index (κ3) is 59.3. The number of ether oxygens (including phenoxy) is 1. The third-order valence-electron chi connectivity index (χ3n) is 15.4. The Kier molecular flexibility index (Phi) is 62.0. The molecule has 0 aliphatic heterocycles. The number of hydrogen-bond acceptors (Lipinski definition) is 5. The summed E-state index contributed by atoms with van der Waals surface area (Å²) in [7, 11) is 0. The van der Waals surface area contributed by atoms with Crippen molar-refractivity contribution in [3.8, 4) is 0 Å². The molecule has 436 valence electrons. The van der Waals surface area contributed by atoms with Crippen molar-refractivity contribution in [2.45, 2.75) is 373 Å². The number of nitrogens with one attached hydrogen (secondary N) is 1. The first kappa shape index (κ1) is 72.1. The van der Waals surface area contributed by atoms with Gasteiger partial charge in [0.2, 0.25) is 5.91 Å². The fourth-order valence-electron chi connectivity index (χ4n) is 10.3. The van der Waals surface area contributed by atoms with E-state index in [-0.39, 0.29) is 18.5 Å². The van der Waals surface area contributed by atoms with E-state index in [1.807, 2.05) is 6.08 Å². The number of rotatable bonds is 62. The van der Waals surface area contributed by atoms with E-state index < -0.39 is 12.1 Å². The van der Waals surface area contributed by atoms with Crippen LogP contribution in [0, 0.1) is 0 Å². The Hall–Kier alpha value is -1.92. The zero-order valence-corrected chi connectivity index (χ0v) is 49.8. The van der Waals surface area contributed by atoms with Gasteiger partial charge in [0, 0.05) is 12.8 Å². The normalized spacial score (nSPS) is 12.8. The monoisotopic (exact) mass is 1040 g/mol. The van der Waals surface area contributed by atoms with Crippen molar-refractivity contribution in [2.75, 3.05) is 13.2 Å². The van der Waals surface area contributed by atoms with Crippen LogP contribution in [0.25, 0.3) is 0 Å². The van der Waals surface area contributed by atoms with Gasteiger partial charge in [-0.25, -0.2) is 0 Å². The van der Waals surface area contributed by atoms with Gasteiger partial charge in [-0.1, -0.05) is 301 Å². The smallest absolute Gasteiger partial charge is 0.305 e. The van der Waals surface area contributed by atoms with Crippen LogP contribution in [0.4, 0.5) is 0 Å². The lowest BCUT2D eigenvalue weighted by Crippen LogP contribution is -2.45. The number of unbranched alkanes of at least 4 members (excludes halogenated alkanes) is 47. The standard InChI is InChI=1S/C68H129NO5/c1-3-5-7-9-11-13-15-17-19-20-21-22-23-24-26-29-33-36-40-44-48-52-56-60-66(71)65(64-70)69-67(72)61-57-53-49-45-41-37-34-30-27-25-28-31-35-39-43-47-51-55-59-63-74-68(73)62-58-54-50-46-42-38-32-18-16-14-12-10-8-6-4-2/h18,25,27,32,56,60,65-66,70-71H,3-17,19-24,26,28-31,33-55,57-59,61-64H2,1-2H3,(H,69,72)/b27-25-,32-18-,60-56+. The van der Waals surface area contributed by atoms with Crippen molar-refractivity contribution in [1.82, 2.24) is 5.32 Å². The maximum Gasteiger partial charge on any atom is 0.305 e. The molecular weight excluding hydrogens is 911 g/mol. The summed E-state index contributed by atoms with van der Waals surface area (Å²) >= 11 is 0. The van der Waals surface area contributed by atoms with E-state index in [4.69, 9.17) is 4.74 Å². The van der Waals surface area contributed by atoms with Crippen LogP contribution >= 0.6 is 0 Å². The summed E-state index contributed by atoms with van der Waals surface area (Å²) in [5, 5.41) is 23.2. The van der Waals surface area contributed by atoms with E-state index >= 15 is 0 Å². The molecule has 0 saturated carbocycles. The molecule has 0 aromatic heterocycles. The average molecular weight is 1040 g/mol. The van der Waals surface area contributed by atoms with Gasteiger partial charge in [-0.2, -0.15) is 0 Å². The molecule has 0 fully saturated rings. The van der Waals surface area contributed by atoms with Crippen LogP contribution in [0.5, 0.6) is 0 Å². The highest BCUT2D eigenvalue weighted by molar-refractivity contribution is 5.76. The van der Waals surface area contributed by atoms with Crippen LogP contribution in [0.3, 0.4) is 0 Å². The first-order chi connectivity index (χ1) is 36.5. The summed E-state index contributed by atoms with van der Waals surface area (Å²) in [6, 6.07) is -0.637. The molecule has 6 heteroatoms. The molecule has 2 atom stereocenters. The van der Waals surface area contributed by atoms with Crippen molar-refractivity contribution in [1.29, 1.82) is 0 Å². The van der Waals surface area contributed by atoms with E-state index in [1.54, 1.807) is 6.08 Å². The van der Waals surface area contributed by atoms with E-state index in [1.165, 1.54) is 283 Å². The molecule has 0 rings (SSSR count). The summed E-state index contributed by atoms with van der Waals surface area (Å²) in [6.07, 6.45) is 80.5. The van der Waals surface area contributed by atoms with Crippen LogP contribution in [0.1, 0.15) is 361 Å². The maximum absolute atomic E-state index is 12.5. The predicted molar refractivity (Wildman–Crippen MR) is 324 cm³/mol. The van der Waals surface area contributed by atoms with Gasteiger partial charge in [-0.3, -0.25) is 9.59 Å². The molecule has 3 N–H and O–H groups in total. The second-order valence-corrected chi connectivity index (χ2v) is 22.8. The molecule has 0 spiro atoms. The van der Waals surface area contributed by atoms with Gasteiger partial charge in [0.05, 0.1) is 25.4 Å². The molecule has 0 heterocycles. The molecule has 1 amide bonds. The van der Waals surface area contributed by atoms with Crippen molar-refractivity contribution in [2.24, 2.45) is 0 Å². The molecule has 0 radical (unpaired) electrons. The number of carbonyl (C=O) groups is 2. The lowest BCUT2D eigenvalue weighted by molar-refractivity contribution is -0.143. The van der Waals surface area contributed by atoms with E-state index in [2.05, 4.69) is 43.5 Å². The number of hydrogen-bond donors (Lipinski definition) is 3. The lowest BCUT2D eigenvalue weighted by atomic mass is 10.0. The van der Waals surface area contributed by atoms with E-state index in [0.29, 0.717) is 19.4 Å². The zero-order valence-electron chi connectivity index (χ0n) is 49.8. The van der Waals surface area contributed by atoms with Gasteiger partial charge < -0.3 is 20.3 Å². The lowest BCUT2D eigenvalue weighted by Gasteiger charge is -2.20. The largest absolute Gasteiger partial charge is 0.466 e. The van der Waals surface area contributed by atoms with Crippen LogP contribution in [-0.2, 0) is 14.3 Å². The van der Waals surface area contributed by atoms with Crippen molar-refractivity contribution in [3.63, 3.8) is 0 Å². The SMILES string of the molecule is CCCCCCCC/C=C\CCCCCCCC(=O)OCCCCCCCCCC/C=C\CCCCCCCCCC(=O)NC(CO)C(O)/C=C/CCCCCCCCCCCCCCCCCCCCCCC. The van der Waals surface area contributed by atoms with Gasteiger partial charge in [0.15, 0.2) is 0 Å². The highest BCUT2D eigenvalue weighted by atomic mass is 16.5. The molecule has 0 aromatic rings. The van der Waals surface area contributed by atoms with Crippen LogP contribution in [0.2, 0.25) is 0 Å². The molecular formula is C68H129NO5. The first-order valence-electron chi connectivity index (χ1n) is 33.3. The van der Waals surface area contributed by atoms with Crippen LogP contribution in [-0.4, -0.2) is 47.4 Å². The number of allylic oxidation sites excluding steroid dienone is 5. The van der Waals surface area contributed by atoms with Crippen molar-refractivity contribution < 1.29 is 24.5 Å². The highest BCUT2D eigenvalue weighted by Crippen LogP contribution is 2.18. The molecule has 6 nitrogen and oxygen atoms in total. The number of esters is 1. The predicted octanol–water partition coefficient (Wildman–Crippen LogP) is 21.1. The van der Waals surface area contributed by atoms with Crippen molar-refractivity contribution >= 4 is 11.9 Å². The molecule has 0 aliphatic carbocycles. The highest BCUT2D eigenvalue weighted by Gasteiger charge is 2.18. The van der Waals surface area contributed by atoms with Gasteiger partial charge in [-0.05, 0) is 83.5 Å². The van der Waals surface area contributed by atoms with Gasteiger partial charge in [-0.15, -0.1) is 0 Å². The second-order valence-electron chi connectivity index (χ2n) is 22.8. The summed E-state index contributed by atoms with van der Waals surface area (Å²) in [5.41, 5.74) is 0. The molecule has 74 heavy (non-hydrogen) atoms. The van der Waals surface area contributed by atoms with Gasteiger partial charge in [0.1, 0.15) is 0 Å². The molecule has 0 saturated heterocycles. The van der Waals surface area contributed by atoms with Gasteiger partial charge >= 0.3 is 5.97 Å². The Bertz CT molecular complexity index is 1200. The Labute approximate surface area is 462 Å². The van der Waals surface area contributed by atoms with E-state index in [9.17, 15) is 19.8 Å². The Morgan fingerprint density at radius 2 is 0.635 bits per heavy atom. The molecule has 2 unspecified atom stereocenters. The first-order valence-corrected chi connectivity index (χ1v) is 33.3. The fraction of sp³-hybridized carbons (Fsp3) is 0.882. The average Bonchev–Trinajstić information content (AvgIpc) is 3.40. The molecule has 0 aliphatic rings. The minimum atomic E-state index is -0.853. The minimum absolute atomic E-state index is 0.00429. The zero-order chi connectivity index (χ0) is 53.6. The fourth-order valence-corrected chi connectivity index (χ4v) is 10.3. The van der Waals surface area contributed by atoms with Crippen LogP contribution in [0.15, 0.2) is 36.5 Å². The van der Waals surface area contributed by atoms with E-state index in [0.717, 1.165) is 51.4 Å². The number of aliphatic hydroxyl groups is 2. The number of aliphatic hydroxyl groups excluding tert-OH is 2. The summed E-state index contributed by atoms with van der Waals surface area (Å²) < 4.78 is 5.48. The van der Waals surface area contributed by atoms with Crippen molar-refractivity contribution in [3.05, 3.63) is 36.5 Å². The minimum Gasteiger partial charge on any atom is -0.466 e. The molecule has 0 aromatic carbocycles. The maximum atomic E-state index is 12.5. The Morgan fingerprint density at radius 1 is 0.365 bits per heavy atom. The topological polar surface area (TPSA) is 95.9 Å². The third-order valence-corrected chi connectivity index (χ3v) is 15.4. The summed E-state index contributed by atoms with van der Waals surface area (Å²) in [5.74, 6) is -0.0789. The van der Waals surface area contributed by atoms with Gasteiger partial charge in [0.25, 0.3) is 0 Å². The Balaban J connectivity index is 3.47.